The zero-order valence-corrected chi connectivity index (χ0v) is 13.2. The molecule has 1 rings (SSSR count). The van der Waals surface area contributed by atoms with Crippen LogP contribution in [0.15, 0.2) is 18.2 Å². The summed E-state index contributed by atoms with van der Waals surface area (Å²) in [4.78, 5) is 0. The Morgan fingerprint density at radius 1 is 1.30 bits per heavy atom. The summed E-state index contributed by atoms with van der Waals surface area (Å²) in [7, 11) is -3.12. The summed E-state index contributed by atoms with van der Waals surface area (Å²) >= 11 is 0. The van der Waals surface area contributed by atoms with Gasteiger partial charge < -0.3 is 10.1 Å². The molecule has 0 aliphatic carbocycles. The molecule has 1 N–H and O–H groups in total. The first kappa shape index (κ1) is 16.9. The molecule has 1 aromatic rings. The zero-order valence-electron chi connectivity index (χ0n) is 12.4. The SMILES string of the molecule is CC(C)(C)NCc1cccc(F)c1OCCS(C)(=O)=O. The molecule has 20 heavy (non-hydrogen) atoms. The van der Waals surface area contributed by atoms with E-state index in [1.54, 1.807) is 12.1 Å². The maximum Gasteiger partial charge on any atom is 0.165 e. The van der Waals surface area contributed by atoms with E-state index in [0.29, 0.717) is 12.1 Å². The third kappa shape index (κ3) is 6.34. The largest absolute Gasteiger partial charge is 0.489 e. The van der Waals surface area contributed by atoms with Crippen molar-refractivity contribution in [3.05, 3.63) is 29.6 Å². The van der Waals surface area contributed by atoms with Crippen molar-refractivity contribution in [3.63, 3.8) is 0 Å². The van der Waals surface area contributed by atoms with Crippen LogP contribution in [-0.4, -0.2) is 32.6 Å². The Hall–Kier alpha value is -1.14. The molecule has 114 valence electrons. The highest BCUT2D eigenvalue weighted by atomic mass is 32.2. The van der Waals surface area contributed by atoms with Gasteiger partial charge in [-0.1, -0.05) is 12.1 Å². The van der Waals surface area contributed by atoms with Crippen LogP contribution in [0.1, 0.15) is 26.3 Å². The van der Waals surface area contributed by atoms with Gasteiger partial charge in [-0.2, -0.15) is 0 Å². The van der Waals surface area contributed by atoms with Gasteiger partial charge >= 0.3 is 0 Å². The number of hydrogen-bond acceptors (Lipinski definition) is 4. The molecule has 0 aliphatic heterocycles. The van der Waals surface area contributed by atoms with Crippen molar-refractivity contribution in [1.82, 2.24) is 5.32 Å². The molecule has 0 bridgehead atoms. The smallest absolute Gasteiger partial charge is 0.165 e. The molecule has 4 nitrogen and oxygen atoms in total. The Balaban J connectivity index is 2.78. The lowest BCUT2D eigenvalue weighted by Gasteiger charge is -2.21. The molecule has 0 aliphatic rings. The van der Waals surface area contributed by atoms with Crippen LogP contribution in [0.5, 0.6) is 5.75 Å². The fraction of sp³-hybridized carbons (Fsp3) is 0.571. The minimum Gasteiger partial charge on any atom is -0.489 e. The molecule has 0 aromatic heterocycles. The van der Waals surface area contributed by atoms with Crippen molar-refractivity contribution in [2.45, 2.75) is 32.9 Å². The van der Waals surface area contributed by atoms with E-state index >= 15 is 0 Å². The standard InChI is InChI=1S/C14H22FNO3S/c1-14(2,3)16-10-11-6-5-7-12(15)13(11)19-8-9-20(4,17)18/h5-7,16H,8-10H2,1-4H3. The topological polar surface area (TPSA) is 55.4 Å². The van der Waals surface area contributed by atoms with Crippen molar-refractivity contribution in [1.29, 1.82) is 0 Å². The monoisotopic (exact) mass is 303 g/mol. The average molecular weight is 303 g/mol. The highest BCUT2D eigenvalue weighted by molar-refractivity contribution is 7.90. The van der Waals surface area contributed by atoms with Crippen molar-refractivity contribution < 1.29 is 17.5 Å². The summed E-state index contributed by atoms with van der Waals surface area (Å²) in [5.41, 5.74) is 0.574. The maximum absolute atomic E-state index is 13.8. The van der Waals surface area contributed by atoms with Crippen molar-refractivity contribution in [2.75, 3.05) is 18.6 Å². The highest BCUT2D eigenvalue weighted by Crippen LogP contribution is 2.23. The first-order valence-electron chi connectivity index (χ1n) is 6.41. The fourth-order valence-corrected chi connectivity index (χ4v) is 1.90. The summed E-state index contributed by atoms with van der Waals surface area (Å²) in [6, 6.07) is 4.67. The van der Waals surface area contributed by atoms with Crippen LogP contribution in [0.25, 0.3) is 0 Å². The van der Waals surface area contributed by atoms with Gasteiger partial charge in [0.05, 0.1) is 5.75 Å². The predicted octanol–water partition coefficient (Wildman–Crippen LogP) is 2.14. The van der Waals surface area contributed by atoms with Crippen LogP contribution in [0.2, 0.25) is 0 Å². The number of hydrogen-bond donors (Lipinski definition) is 1. The van der Waals surface area contributed by atoms with E-state index in [1.165, 1.54) is 6.07 Å². The molecule has 0 fully saturated rings. The van der Waals surface area contributed by atoms with E-state index in [0.717, 1.165) is 6.26 Å². The van der Waals surface area contributed by atoms with E-state index in [4.69, 9.17) is 4.74 Å². The van der Waals surface area contributed by atoms with Gasteiger partial charge in [0.15, 0.2) is 21.4 Å². The van der Waals surface area contributed by atoms with Gasteiger partial charge in [-0.3, -0.25) is 0 Å². The first-order chi connectivity index (χ1) is 9.08. The van der Waals surface area contributed by atoms with Gasteiger partial charge in [-0.15, -0.1) is 0 Å². The van der Waals surface area contributed by atoms with Gasteiger partial charge in [-0.25, -0.2) is 12.8 Å². The van der Waals surface area contributed by atoms with Gasteiger partial charge in [-0.05, 0) is 26.8 Å². The molecule has 6 heteroatoms. The summed E-state index contributed by atoms with van der Waals surface area (Å²) in [6.45, 7) is 6.43. The van der Waals surface area contributed by atoms with Crippen molar-refractivity contribution >= 4 is 9.84 Å². The second kappa shape index (κ2) is 6.54. The van der Waals surface area contributed by atoms with Gasteiger partial charge in [0, 0.05) is 23.9 Å². The predicted molar refractivity (Wildman–Crippen MR) is 78.2 cm³/mol. The molecular weight excluding hydrogens is 281 g/mol. The molecule has 1 aromatic carbocycles. The van der Waals surface area contributed by atoms with Crippen LogP contribution < -0.4 is 10.1 Å². The van der Waals surface area contributed by atoms with Gasteiger partial charge in [0.2, 0.25) is 0 Å². The van der Waals surface area contributed by atoms with Gasteiger partial charge in [0.1, 0.15) is 6.61 Å². The van der Waals surface area contributed by atoms with Crippen LogP contribution in [0.4, 0.5) is 4.39 Å². The van der Waals surface area contributed by atoms with Crippen molar-refractivity contribution in [2.24, 2.45) is 0 Å². The second-order valence-electron chi connectivity index (χ2n) is 5.81. The quantitative estimate of drug-likeness (QED) is 0.875. The third-order valence-corrected chi connectivity index (χ3v) is 3.47. The summed E-state index contributed by atoms with van der Waals surface area (Å²) < 4.78 is 41.2. The van der Waals surface area contributed by atoms with Crippen LogP contribution in [0, 0.1) is 5.82 Å². The van der Waals surface area contributed by atoms with Crippen molar-refractivity contribution in [3.8, 4) is 5.75 Å². The Kier molecular flexibility index (Phi) is 5.53. The minimum atomic E-state index is -3.12. The summed E-state index contributed by atoms with van der Waals surface area (Å²) in [6.07, 6.45) is 1.12. The lowest BCUT2D eigenvalue weighted by molar-refractivity contribution is 0.315. The number of sulfone groups is 1. The van der Waals surface area contributed by atoms with Crippen LogP contribution in [-0.2, 0) is 16.4 Å². The van der Waals surface area contributed by atoms with Crippen LogP contribution >= 0.6 is 0 Å². The van der Waals surface area contributed by atoms with E-state index < -0.39 is 15.7 Å². The zero-order chi connectivity index (χ0) is 15.4. The highest BCUT2D eigenvalue weighted by Gasteiger charge is 2.14. The van der Waals surface area contributed by atoms with E-state index in [1.807, 2.05) is 20.8 Å². The number of ether oxygens (including phenoxy) is 1. The summed E-state index contributed by atoms with van der Waals surface area (Å²) in [5, 5.41) is 3.25. The second-order valence-corrected chi connectivity index (χ2v) is 8.07. The number of rotatable bonds is 6. The van der Waals surface area contributed by atoms with Crippen LogP contribution in [0.3, 0.4) is 0 Å². The molecule has 0 saturated heterocycles. The Morgan fingerprint density at radius 2 is 1.95 bits per heavy atom. The molecule has 0 saturated carbocycles. The maximum atomic E-state index is 13.8. The molecule has 0 unspecified atom stereocenters. The Morgan fingerprint density at radius 3 is 2.50 bits per heavy atom. The molecule has 0 amide bonds. The molecule has 0 heterocycles. The third-order valence-electron chi connectivity index (χ3n) is 2.56. The van der Waals surface area contributed by atoms with E-state index in [2.05, 4.69) is 5.32 Å². The Bertz CT molecular complexity index is 550. The normalized spacial score (nSPS) is 12.4. The fourth-order valence-electron chi connectivity index (χ4n) is 1.51. The minimum absolute atomic E-state index is 0.0533. The first-order valence-corrected chi connectivity index (χ1v) is 8.47. The molecule has 0 atom stereocenters. The summed E-state index contributed by atoms with van der Waals surface area (Å²) in [5.74, 6) is -0.493. The number of halogens is 1. The number of nitrogens with one attached hydrogen (secondary N) is 1. The molecule has 0 radical (unpaired) electrons. The van der Waals surface area contributed by atoms with E-state index in [9.17, 15) is 12.8 Å². The Labute approximate surface area is 120 Å². The number of benzene rings is 1. The lowest BCUT2D eigenvalue weighted by atomic mass is 10.1. The molecule has 0 spiro atoms. The number of para-hydroxylation sites is 1. The average Bonchev–Trinajstić information content (AvgIpc) is 2.26. The van der Waals surface area contributed by atoms with Gasteiger partial charge in [0.25, 0.3) is 0 Å². The van der Waals surface area contributed by atoms with E-state index in [-0.39, 0.29) is 23.6 Å². The molecular formula is C14H22FNO3S. The lowest BCUT2D eigenvalue weighted by Crippen LogP contribution is -2.35.